The van der Waals surface area contributed by atoms with Gasteiger partial charge in [-0.3, -0.25) is 9.97 Å². The summed E-state index contributed by atoms with van der Waals surface area (Å²) in [4.78, 5) is 21.0. The highest BCUT2D eigenvalue weighted by molar-refractivity contribution is 6.30. The van der Waals surface area contributed by atoms with Crippen LogP contribution in [0.2, 0.25) is 5.02 Å². The highest BCUT2D eigenvalue weighted by Crippen LogP contribution is 2.41. The Labute approximate surface area is 198 Å². The predicted octanol–water partition coefficient (Wildman–Crippen LogP) is 6.87. The SMILES string of the molecule is Cc1cc2cc(-c3cnccn3)ccc2c(-c2ccc(Cl)cc2)c1[C@H](OC(C)(C)C)C(=O)O. The van der Waals surface area contributed by atoms with Crippen LogP contribution >= 0.6 is 11.6 Å². The highest BCUT2D eigenvalue weighted by Gasteiger charge is 2.31. The number of halogens is 1. The number of nitrogens with zero attached hydrogens (tertiary/aromatic N) is 2. The molecule has 0 saturated heterocycles. The van der Waals surface area contributed by atoms with Gasteiger partial charge >= 0.3 is 5.97 Å². The summed E-state index contributed by atoms with van der Waals surface area (Å²) in [6, 6.07) is 15.5. The molecule has 0 fully saturated rings. The molecule has 0 amide bonds. The van der Waals surface area contributed by atoms with Crippen molar-refractivity contribution in [2.45, 2.75) is 39.4 Å². The molecule has 1 aromatic heterocycles. The zero-order valence-corrected chi connectivity index (χ0v) is 19.7. The molecule has 0 spiro atoms. The zero-order valence-electron chi connectivity index (χ0n) is 19.0. The largest absolute Gasteiger partial charge is 0.479 e. The van der Waals surface area contributed by atoms with Crippen LogP contribution in [0, 0.1) is 6.92 Å². The number of fused-ring (bicyclic) bond motifs is 1. The summed E-state index contributed by atoms with van der Waals surface area (Å²) < 4.78 is 6.05. The van der Waals surface area contributed by atoms with Crippen molar-refractivity contribution in [1.82, 2.24) is 9.97 Å². The zero-order chi connectivity index (χ0) is 23.8. The van der Waals surface area contributed by atoms with E-state index >= 15 is 0 Å². The molecule has 1 atom stereocenters. The van der Waals surface area contributed by atoms with Gasteiger partial charge in [0.05, 0.1) is 17.5 Å². The lowest BCUT2D eigenvalue weighted by atomic mass is 9.86. The van der Waals surface area contributed by atoms with Crippen LogP contribution in [-0.4, -0.2) is 26.6 Å². The van der Waals surface area contributed by atoms with Crippen LogP contribution in [0.3, 0.4) is 0 Å². The molecule has 0 aliphatic rings. The molecule has 6 heteroatoms. The first-order chi connectivity index (χ1) is 15.6. The summed E-state index contributed by atoms with van der Waals surface area (Å²) in [5.74, 6) is -1.03. The topological polar surface area (TPSA) is 72.3 Å². The van der Waals surface area contributed by atoms with E-state index in [1.54, 1.807) is 18.6 Å². The second kappa shape index (κ2) is 8.93. The molecule has 0 radical (unpaired) electrons. The third-order valence-electron chi connectivity index (χ3n) is 5.34. The molecule has 0 aliphatic heterocycles. The van der Waals surface area contributed by atoms with Crippen molar-refractivity contribution in [3.05, 3.63) is 83.3 Å². The van der Waals surface area contributed by atoms with E-state index in [9.17, 15) is 9.90 Å². The van der Waals surface area contributed by atoms with Gasteiger partial charge in [0.15, 0.2) is 6.10 Å². The minimum atomic E-state index is -1.13. The molecule has 0 unspecified atom stereocenters. The van der Waals surface area contributed by atoms with Gasteiger partial charge in [0.1, 0.15) is 0 Å². The van der Waals surface area contributed by atoms with Crippen LogP contribution in [0.15, 0.2) is 67.1 Å². The molecule has 1 N–H and O–H groups in total. The van der Waals surface area contributed by atoms with E-state index in [-0.39, 0.29) is 0 Å². The van der Waals surface area contributed by atoms with E-state index in [1.165, 1.54) is 0 Å². The van der Waals surface area contributed by atoms with Crippen molar-refractivity contribution in [1.29, 1.82) is 0 Å². The number of benzene rings is 3. The Kier molecular flexibility index (Phi) is 6.19. The quantitative estimate of drug-likeness (QED) is 0.352. The number of aryl methyl sites for hydroxylation is 1. The van der Waals surface area contributed by atoms with Crippen molar-refractivity contribution >= 4 is 28.3 Å². The van der Waals surface area contributed by atoms with Gasteiger partial charge in [0.25, 0.3) is 0 Å². The number of hydrogen-bond donors (Lipinski definition) is 1. The van der Waals surface area contributed by atoms with Crippen molar-refractivity contribution < 1.29 is 14.6 Å². The predicted molar refractivity (Wildman–Crippen MR) is 131 cm³/mol. The average Bonchev–Trinajstić information content (AvgIpc) is 2.77. The normalized spacial score (nSPS) is 12.6. The summed E-state index contributed by atoms with van der Waals surface area (Å²) in [6.07, 6.45) is 3.90. The maximum atomic E-state index is 12.4. The molecular formula is C27H25ClN2O3. The molecule has 5 nitrogen and oxygen atoms in total. The number of carboxylic acid groups (broad SMARTS) is 1. The fourth-order valence-corrected chi connectivity index (χ4v) is 4.15. The van der Waals surface area contributed by atoms with Crippen LogP contribution in [0.4, 0.5) is 0 Å². The van der Waals surface area contributed by atoms with Gasteiger partial charge in [0.2, 0.25) is 0 Å². The minimum Gasteiger partial charge on any atom is -0.479 e. The van der Waals surface area contributed by atoms with Crippen LogP contribution in [-0.2, 0) is 9.53 Å². The summed E-state index contributed by atoms with van der Waals surface area (Å²) >= 11 is 6.15. The molecule has 0 saturated carbocycles. The average molecular weight is 461 g/mol. The van der Waals surface area contributed by atoms with Crippen molar-refractivity contribution in [2.24, 2.45) is 0 Å². The Hall–Kier alpha value is -3.28. The lowest BCUT2D eigenvalue weighted by Gasteiger charge is -2.28. The van der Waals surface area contributed by atoms with E-state index in [0.717, 1.165) is 38.7 Å². The summed E-state index contributed by atoms with van der Waals surface area (Å²) in [6.45, 7) is 7.49. The molecule has 4 rings (SSSR count). The van der Waals surface area contributed by atoms with Gasteiger partial charge in [-0.05, 0) is 73.4 Å². The van der Waals surface area contributed by atoms with E-state index in [1.807, 2.05) is 70.2 Å². The molecular weight excluding hydrogens is 436 g/mol. The Morgan fingerprint density at radius 2 is 1.73 bits per heavy atom. The van der Waals surface area contributed by atoms with Gasteiger partial charge in [-0.25, -0.2) is 4.79 Å². The molecule has 4 aromatic rings. The van der Waals surface area contributed by atoms with Gasteiger partial charge in [-0.1, -0.05) is 41.9 Å². The second-order valence-corrected chi connectivity index (χ2v) is 9.40. The smallest absolute Gasteiger partial charge is 0.337 e. The number of carboxylic acids is 1. The molecule has 0 bridgehead atoms. The first kappa shape index (κ1) is 22.9. The number of rotatable bonds is 5. The fourth-order valence-electron chi connectivity index (χ4n) is 4.02. The Morgan fingerprint density at radius 3 is 2.33 bits per heavy atom. The molecule has 33 heavy (non-hydrogen) atoms. The monoisotopic (exact) mass is 460 g/mol. The number of ether oxygens (including phenoxy) is 1. The summed E-state index contributed by atoms with van der Waals surface area (Å²) in [5, 5.41) is 12.6. The summed E-state index contributed by atoms with van der Waals surface area (Å²) in [5.41, 5.74) is 4.24. The molecule has 3 aromatic carbocycles. The van der Waals surface area contributed by atoms with E-state index in [4.69, 9.17) is 16.3 Å². The lowest BCUT2D eigenvalue weighted by Crippen LogP contribution is -2.28. The van der Waals surface area contributed by atoms with Crippen molar-refractivity contribution in [3.8, 4) is 22.4 Å². The molecule has 168 valence electrons. The lowest BCUT2D eigenvalue weighted by molar-refractivity contribution is -0.160. The third-order valence-corrected chi connectivity index (χ3v) is 5.59. The highest BCUT2D eigenvalue weighted by atomic mass is 35.5. The van der Waals surface area contributed by atoms with Crippen LogP contribution < -0.4 is 0 Å². The van der Waals surface area contributed by atoms with Crippen LogP contribution in [0.1, 0.15) is 38.0 Å². The van der Waals surface area contributed by atoms with E-state index in [0.29, 0.717) is 10.6 Å². The molecule has 1 heterocycles. The number of aliphatic carboxylic acids is 1. The fraction of sp³-hybridized carbons (Fsp3) is 0.222. The van der Waals surface area contributed by atoms with E-state index < -0.39 is 17.7 Å². The maximum absolute atomic E-state index is 12.4. The van der Waals surface area contributed by atoms with Crippen molar-refractivity contribution in [2.75, 3.05) is 0 Å². The van der Waals surface area contributed by atoms with Crippen molar-refractivity contribution in [3.63, 3.8) is 0 Å². The number of carbonyl (C=O) groups is 1. The third kappa shape index (κ3) is 4.90. The minimum absolute atomic E-state index is 0.614. The van der Waals surface area contributed by atoms with Gasteiger partial charge in [-0.2, -0.15) is 0 Å². The van der Waals surface area contributed by atoms with Gasteiger partial charge in [0, 0.05) is 28.5 Å². The Bertz CT molecular complexity index is 1310. The van der Waals surface area contributed by atoms with Crippen LogP contribution in [0.5, 0.6) is 0 Å². The maximum Gasteiger partial charge on any atom is 0.337 e. The number of hydrogen-bond acceptors (Lipinski definition) is 4. The Morgan fingerprint density at radius 1 is 1.03 bits per heavy atom. The van der Waals surface area contributed by atoms with Gasteiger partial charge < -0.3 is 9.84 Å². The number of aromatic nitrogens is 2. The van der Waals surface area contributed by atoms with Gasteiger partial charge in [-0.15, -0.1) is 0 Å². The molecule has 0 aliphatic carbocycles. The van der Waals surface area contributed by atoms with E-state index in [2.05, 4.69) is 16.0 Å². The first-order valence-corrected chi connectivity index (χ1v) is 11.0. The van der Waals surface area contributed by atoms with Crippen LogP contribution in [0.25, 0.3) is 33.2 Å². The second-order valence-electron chi connectivity index (χ2n) is 8.96. The summed E-state index contributed by atoms with van der Waals surface area (Å²) in [7, 11) is 0. The Balaban J connectivity index is 2.02. The first-order valence-electron chi connectivity index (χ1n) is 10.6. The standard InChI is InChI=1S/C27H25ClN2O3/c1-16-13-19-14-18(22-15-29-11-12-30-22)7-10-21(19)24(17-5-8-20(28)9-6-17)23(16)25(26(31)32)33-27(2,3)4/h5-15,25H,1-4H3,(H,31,32)/t25-/m0/s1.